The number of aromatic nitrogens is 1. The highest BCUT2D eigenvalue weighted by atomic mass is 32.2. The molecule has 5 rings (SSSR count). The van der Waals surface area contributed by atoms with Crippen molar-refractivity contribution in [3.8, 4) is 5.75 Å². The second-order valence-electron chi connectivity index (χ2n) is 9.09. The van der Waals surface area contributed by atoms with Gasteiger partial charge < -0.3 is 9.47 Å². The lowest BCUT2D eigenvalue weighted by Gasteiger charge is -2.25. The zero-order valence-corrected chi connectivity index (χ0v) is 23.8. The zero-order valence-electron chi connectivity index (χ0n) is 22.2. The van der Waals surface area contributed by atoms with Gasteiger partial charge in [-0.25, -0.2) is 9.79 Å². The molecule has 6 nitrogen and oxygen atoms in total. The van der Waals surface area contributed by atoms with E-state index in [9.17, 15) is 9.59 Å². The molecule has 0 radical (unpaired) electrons. The van der Waals surface area contributed by atoms with Crippen molar-refractivity contribution in [1.29, 1.82) is 0 Å². The highest BCUT2D eigenvalue weighted by Crippen LogP contribution is 2.32. The SMILES string of the molecule is C=CCOc1ccc(C=c2sc3n(c2=O)C(c2ccc(SC)cc2)C(C(=O)OCc2ccccc2)=C(C)N=3)cc1. The minimum atomic E-state index is -0.660. The Kier molecular flexibility index (Phi) is 8.48. The lowest BCUT2D eigenvalue weighted by molar-refractivity contribution is -0.140. The van der Waals surface area contributed by atoms with Gasteiger partial charge in [0.25, 0.3) is 5.56 Å². The molecule has 0 saturated carbocycles. The number of hydrogen-bond acceptors (Lipinski definition) is 7. The normalized spacial score (nSPS) is 14.8. The molecule has 0 amide bonds. The molecule has 8 heteroatoms. The molecule has 0 spiro atoms. The van der Waals surface area contributed by atoms with Crippen molar-refractivity contribution < 1.29 is 14.3 Å². The fraction of sp³-hybridized carbons (Fsp3) is 0.156. The van der Waals surface area contributed by atoms with Crippen LogP contribution in [0.1, 0.15) is 29.7 Å². The van der Waals surface area contributed by atoms with E-state index in [1.54, 1.807) is 29.3 Å². The third kappa shape index (κ3) is 5.88. The molecule has 1 aliphatic heterocycles. The van der Waals surface area contributed by atoms with Crippen molar-refractivity contribution in [2.45, 2.75) is 24.5 Å². The van der Waals surface area contributed by atoms with Gasteiger partial charge in [-0.05, 0) is 60.2 Å². The summed E-state index contributed by atoms with van der Waals surface area (Å²) in [6.45, 7) is 6.01. The van der Waals surface area contributed by atoms with Crippen LogP contribution in [0.5, 0.6) is 5.75 Å². The summed E-state index contributed by atoms with van der Waals surface area (Å²) in [6, 6.07) is 24.3. The topological polar surface area (TPSA) is 69.9 Å². The summed E-state index contributed by atoms with van der Waals surface area (Å²) in [7, 11) is 0. The number of ether oxygens (including phenoxy) is 2. The van der Waals surface area contributed by atoms with E-state index < -0.39 is 12.0 Å². The van der Waals surface area contributed by atoms with Gasteiger partial charge in [0, 0.05) is 4.90 Å². The Morgan fingerprint density at radius 1 is 1.07 bits per heavy atom. The quantitative estimate of drug-likeness (QED) is 0.156. The van der Waals surface area contributed by atoms with E-state index in [4.69, 9.17) is 14.5 Å². The van der Waals surface area contributed by atoms with Crippen LogP contribution in [-0.4, -0.2) is 23.4 Å². The predicted molar refractivity (Wildman–Crippen MR) is 160 cm³/mol. The van der Waals surface area contributed by atoms with Crippen LogP contribution in [0.2, 0.25) is 0 Å². The molecule has 0 fully saturated rings. The molecular weight excluding hydrogens is 540 g/mol. The molecule has 0 aliphatic carbocycles. The van der Waals surface area contributed by atoms with Crippen LogP contribution in [0.3, 0.4) is 0 Å². The van der Waals surface area contributed by atoms with E-state index in [1.165, 1.54) is 11.3 Å². The molecule has 1 atom stereocenters. The Labute approximate surface area is 240 Å². The first-order chi connectivity index (χ1) is 19.5. The van der Waals surface area contributed by atoms with Crippen molar-refractivity contribution in [2.75, 3.05) is 12.9 Å². The maximum Gasteiger partial charge on any atom is 0.338 e. The van der Waals surface area contributed by atoms with Crippen LogP contribution in [0.25, 0.3) is 6.08 Å². The Morgan fingerprint density at radius 2 is 1.80 bits per heavy atom. The van der Waals surface area contributed by atoms with Crippen LogP contribution in [0.15, 0.2) is 117 Å². The van der Waals surface area contributed by atoms with Crippen molar-refractivity contribution in [3.05, 3.63) is 139 Å². The number of benzene rings is 3. The van der Waals surface area contributed by atoms with Crippen molar-refractivity contribution in [2.24, 2.45) is 4.99 Å². The number of esters is 1. The summed E-state index contributed by atoms with van der Waals surface area (Å²) in [5.74, 6) is 0.231. The lowest BCUT2D eigenvalue weighted by atomic mass is 9.96. The molecule has 0 bridgehead atoms. The lowest BCUT2D eigenvalue weighted by Crippen LogP contribution is -2.39. The summed E-state index contributed by atoms with van der Waals surface area (Å²) in [6.07, 6.45) is 5.53. The van der Waals surface area contributed by atoms with Crippen LogP contribution >= 0.6 is 23.1 Å². The first kappa shape index (κ1) is 27.4. The first-order valence-electron chi connectivity index (χ1n) is 12.7. The van der Waals surface area contributed by atoms with Crippen molar-refractivity contribution in [1.82, 2.24) is 4.57 Å². The second-order valence-corrected chi connectivity index (χ2v) is 11.0. The Hall–Kier alpha value is -4.14. The van der Waals surface area contributed by atoms with Crippen molar-refractivity contribution in [3.63, 3.8) is 0 Å². The van der Waals surface area contributed by atoms with Crippen LogP contribution in [0.4, 0.5) is 0 Å². The number of rotatable bonds is 9. The third-order valence-electron chi connectivity index (χ3n) is 6.43. The third-order valence-corrected chi connectivity index (χ3v) is 8.16. The van der Waals surface area contributed by atoms with E-state index in [0.717, 1.165) is 27.3 Å². The first-order valence-corrected chi connectivity index (χ1v) is 14.7. The number of allylic oxidation sites excluding steroid dienone is 1. The maximum absolute atomic E-state index is 13.9. The average molecular weight is 569 g/mol. The second kappa shape index (κ2) is 12.4. The summed E-state index contributed by atoms with van der Waals surface area (Å²) in [4.78, 5) is 33.7. The molecule has 4 aromatic rings. The monoisotopic (exact) mass is 568 g/mol. The van der Waals surface area contributed by atoms with Crippen LogP contribution in [-0.2, 0) is 16.1 Å². The Bertz CT molecular complexity index is 1740. The van der Waals surface area contributed by atoms with E-state index in [2.05, 4.69) is 6.58 Å². The van der Waals surface area contributed by atoms with Gasteiger partial charge in [-0.15, -0.1) is 11.8 Å². The smallest absolute Gasteiger partial charge is 0.338 e. The summed E-state index contributed by atoms with van der Waals surface area (Å²) >= 11 is 2.93. The molecule has 0 N–H and O–H groups in total. The molecule has 1 unspecified atom stereocenters. The van der Waals surface area contributed by atoms with Gasteiger partial charge in [-0.3, -0.25) is 9.36 Å². The summed E-state index contributed by atoms with van der Waals surface area (Å²) < 4.78 is 13.4. The van der Waals surface area contributed by atoms with Gasteiger partial charge >= 0.3 is 5.97 Å². The fourth-order valence-corrected chi connectivity index (χ4v) is 5.91. The Balaban J connectivity index is 1.56. The van der Waals surface area contributed by atoms with Gasteiger partial charge in [0.2, 0.25) is 0 Å². The van der Waals surface area contributed by atoms with Crippen molar-refractivity contribution >= 4 is 35.1 Å². The predicted octanol–water partition coefficient (Wildman–Crippen LogP) is 5.27. The largest absolute Gasteiger partial charge is 0.490 e. The van der Waals surface area contributed by atoms with Gasteiger partial charge in [-0.1, -0.05) is 78.6 Å². The molecule has 0 saturated heterocycles. The molecule has 1 aliphatic rings. The number of carbonyl (C=O) groups is 1. The van der Waals surface area contributed by atoms with Crippen LogP contribution in [0, 0.1) is 0 Å². The van der Waals surface area contributed by atoms with Gasteiger partial charge in [-0.2, -0.15) is 0 Å². The summed E-state index contributed by atoms with van der Waals surface area (Å²) in [5, 5.41) is 0. The van der Waals surface area contributed by atoms with E-state index in [-0.39, 0.29) is 12.2 Å². The minimum absolute atomic E-state index is 0.130. The molecule has 202 valence electrons. The average Bonchev–Trinajstić information content (AvgIpc) is 3.29. The molecule has 2 heterocycles. The molecule has 1 aromatic heterocycles. The van der Waals surface area contributed by atoms with E-state index >= 15 is 0 Å². The van der Waals surface area contributed by atoms with Gasteiger partial charge in [0.1, 0.15) is 19.0 Å². The molecule has 3 aromatic carbocycles. The van der Waals surface area contributed by atoms with Crippen LogP contribution < -0.4 is 19.6 Å². The number of hydrogen-bond donors (Lipinski definition) is 0. The number of fused-ring (bicyclic) bond motifs is 1. The Morgan fingerprint density at radius 3 is 2.48 bits per heavy atom. The highest BCUT2D eigenvalue weighted by molar-refractivity contribution is 7.98. The maximum atomic E-state index is 13.9. The molecule has 40 heavy (non-hydrogen) atoms. The van der Waals surface area contributed by atoms with E-state index in [1.807, 2.05) is 91.2 Å². The van der Waals surface area contributed by atoms with Gasteiger partial charge in [0.05, 0.1) is 21.8 Å². The highest BCUT2D eigenvalue weighted by Gasteiger charge is 2.33. The molecular formula is C32H28N2O4S2. The van der Waals surface area contributed by atoms with Gasteiger partial charge in [0.15, 0.2) is 4.80 Å². The number of thioether (sulfide) groups is 1. The number of thiazole rings is 1. The number of carbonyl (C=O) groups excluding carboxylic acids is 1. The standard InChI is InChI=1S/C32H28N2O4S2/c1-4-18-37-25-14-10-22(11-15-25)19-27-30(35)34-29(24-12-16-26(39-3)17-13-24)28(21(2)33-32(34)40-27)31(36)38-20-23-8-6-5-7-9-23/h4-17,19,29H,1,18,20H2,2-3H3. The summed E-state index contributed by atoms with van der Waals surface area (Å²) in [5.41, 5.74) is 3.24. The van der Waals surface area contributed by atoms with E-state index in [0.29, 0.717) is 27.2 Å². The minimum Gasteiger partial charge on any atom is -0.490 e. The zero-order chi connectivity index (χ0) is 28.1. The fourth-order valence-electron chi connectivity index (χ4n) is 4.45. The number of nitrogens with zero attached hydrogens (tertiary/aromatic N) is 2.